The normalized spacial score (nSPS) is 15.9. The van der Waals surface area contributed by atoms with Gasteiger partial charge in [-0.05, 0) is 105 Å². The minimum Gasteiger partial charge on any atom is -0.497 e. The van der Waals surface area contributed by atoms with E-state index in [2.05, 4.69) is 31.4 Å². The number of ether oxygens (including phenoxy) is 2. The monoisotopic (exact) mass is 489 g/mol. The Morgan fingerprint density at radius 3 is 2.31 bits per heavy atom. The molecule has 0 N–H and O–H groups in total. The number of carbonyl (C=O) groups excluding carboxylic acids is 1. The number of methoxy groups -OCH3 is 1. The van der Waals surface area contributed by atoms with Crippen LogP contribution in [0.1, 0.15) is 37.2 Å². The van der Waals surface area contributed by atoms with Crippen molar-refractivity contribution in [2.45, 2.75) is 34.1 Å². The van der Waals surface area contributed by atoms with Gasteiger partial charge < -0.3 is 14.0 Å². The van der Waals surface area contributed by atoms with Crippen LogP contribution in [-0.4, -0.2) is 40.8 Å². The van der Waals surface area contributed by atoms with Gasteiger partial charge in [-0.2, -0.15) is 0 Å². The van der Waals surface area contributed by atoms with Gasteiger partial charge in [0.15, 0.2) is 5.17 Å². The molecule has 0 saturated carbocycles. The predicted molar refractivity (Wildman–Crippen MR) is 144 cm³/mol. The van der Waals surface area contributed by atoms with Crippen molar-refractivity contribution in [1.82, 2.24) is 9.47 Å². The first-order chi connectivity index (χ1) is 16.9. The number of thioether (sulfide) groups is 1. The summed E-state index contributed by atoms with van der Waals surface area (Å²) in [6, 6.07) is 17.7. The van der Waals surface area contributed by atoms with Crippen LogP contribution < -0.4 is 9.47 Å². The van der Waals surface area contributed by atoms with Crippen LogP contribution in [0.2, 0.25) is 0 Å². The van der Waals surface area contributed by atoms with Crippen LogP contribution in [0.4, 0.5) is 5.69 Å². The highest BCUT2D eigenvalue weighted by Gasteiger charge is 2.33. The summed E-state index contributed by atoms with van der Waals surface area (Å²) in [6.45, 7) is 9.42. The van der Waals surface area contributed by atoms with Crippen LogP contribution in [0, 0.1) is 13.8 Å². The maximum atomic E-state index is 13.3. The lowest BCUT2D eigenvalue weighted by molar-refractivity contribution is -0.122. The molecule has 1 aliphatic rings. The molecule has 1 fully saturated rings. The molecule has 1 amide bonds. The van der Waals surface area contributed by atoms with Gasteiger partial charge in [0.2, 0.25) is 0 Å². The predicted octanol–water partition coefficient (Wildman–Crippen LogP) is 6.52. The number of amidine groups is 1. The SMILES string of the molecule is CCCN1C(=O)C(=Cc2cc(C)n(-c3ccc(OC)cc3)c2C)SC1=Nc1ccc(OCC)cc1. The lowest BCUT2D eigenvalue weighted by Gasteiger charge is -2.14. The fourth-order valence-electron chi connectivity index (χ4n) is 4.11. The highest BCUT2D eigenvalue weighted by Crippen LogP contribution is 2.36. The number of aryl methyl sites for hydroxylation is 1. The van der Waals surface area contributed by atoms with Crippen LogP contribution in [0.15, 0.2) is 64.5 Å². The summed E-state index contributed by atoms with van der Waals surface area (Å²) in [7, 11) is 1.66. The third-order valence-electron chi connectivity index (χ3n) is 5.80. The highest BCUT2D eigenvalue weighted by atomic mass is 32.2. The smallest absolute Gasteiger partial charge is 0.266 e. The molecule has 182 valence electrons. The molecule has 1 aliphatic heterocycles. The molecule has 7 heteroatoms. The molecule has 6 nitrogen and oxygen atoms in total. The van der Waals surface area contributed by atoms with Gasteiger partial charge in [0.05, 0.1) is 24.3 Å². The second-order valence-corrected chi connectivity index (χ2v) is 9.26. The number of benzene rings is 2. The molecule has 1 saturated heterocycles. The fraction of sp³-hybridized carbons (Fsp3) is 0.286. The van der Waals surface area contributed by atoms with Crippen molar-refractivity contribution in [2.24, 2.45) is 4.99 Å². The van der Waals surface area contributed by atoms with Crippen molar-refractivity contribution in [2.75, 3.05) is 20.3 Å². The zero-order valence-corrected chi connectivity index (χ0v) is 21.7. The van der Waals surface area contributed by atoms with Crippen LogP contribution >= 0.6 is 11.8 Å². The molecule has 1 aromatic heterocycles. The van der Waals surface area contributed by atoms with Gasteiger partial charge in [-0.1, -0.05) is 6.92 Å². The van der Waals surface area contributed by atoms with Crippen LogP contribution in [0.3, 0.4) is 0 Å². The van der Waals surface area contributed by atoms with Gasteiger partial charge in [-0.3, -0.25) is 9.69 Å². The molecule has 0 atom stereocenters. The van der Waals surface area contributed by atoms with Gasteiger partial charge in [-0.15, -0.1) is 0 Å². The number of hydrogen-bond acceptors (Lipinski definition) is 5. The zero-order valence-electron chi connectivity index (χ0n) is 20.9. The van der Waals surface area contributed by atoms with Crippen molar-refractivity contribution in [1.29, 1.82) is 0 Å². The molecule has 0 unspecified atom stereocenters. The average Bonchev–Trinajstić information content (AvgIpc) is 3.30. The lowest BCUT2D eigenvalue weighted by Crippen LogP contribution is -2.29. The first-order valence-electron chi connectivity index (χ1n) is 11.8. The number of carbonyl (C=O) groups is 1. The lowest BCUT2D eigenvalue weighted by atomic mass is 10.2. The minimum absolute atomic E-state index is 0.00390. The second-order valence-electron chi connectivity index (χ2n) is 8.25. The fourth-order valence-corrected chi connectivity index (χ4v) is 5.13. The topological polar surface area (TPSA) is 56.1 Å². The van der Waals surface area contributed by atoms with Crippen molar-refractivity contribution in [3.63, 3.8) is 0 Å². The first kappa shape index (κ1) is 24.7. The van der Waals surface area contributed by atoms with Crippen molar-refractivity contribution < 1.29 is 14.3 Å². The summed E-state index contributed by atoms with van der Waals surface area (Å²) in [5.41, 5.74) is 5.05. The van der Waals surface area contributed by atoms with Gasteiger partial charge in [0, 0.05) is 23.6 Å². The van der Waals surface area contributed by atoms with E-state index in [1.165, 1.54) is 11.8 Å². The number of hydrogen-bond donors (Lipinski definition) is 0. The van der Waals surface area contributed by atoms with Gasteiger partial charge in [0.25, 0.3) is 5.91 Å². The molecule has 35 heavy (non-hydrogen) atoms. The van der Waals surface area contributed by atoms with Crippen molar-refractivity contribution >= 4 is 34.6 Å². The standard InChI is InChI=1S/C28H31N3O3S/c1-6-16-30-27(32)26(35-28(30)29-22-8-12-25(13-9-22)34-7-2)18-21-17-19(3)31(20(21)4)23-10-14-24(33-5)15-11-23/h8-15,17-18H,6-7,16H2,1-5H3. The van der Waals surface area contributed by atoms with Crippen molar-refractivity contribution in [3.8, 4) is 17.2 Å². The van der Waals surface area contributed by atoms with E-state index in [0.717, 1.165) is 46.2 Å². The Balaban J connectivity index is 1.65. The molecule has 2 heterocycles. The third kappa shape index (κ3) is 5.30. The summed E-state index contributed by atoms with van der Waals surface area (Å²) in [5.74, 6) is 1.63. The van der Waals surface area contributed by atoms with E-state index in [4.69, 9.17) is 14.5 Å². The van der Waals surface area contributed by atoms with Crippen molar-refractivity contribution in [3.05, 3.63) is 76.5 Å². The Kier molecular flexibility index (Phi) is 7.66. The quantitative estimate of drug-likeness (QED) is 0.338. The van der Waals surface area contributed by atoms with Gasteiger partial charge in [0.1, 0.15) is 11.5 Å². The summed E-state index contributed by atoms with van der Waals surface area (Å²) in [4.78, 5) is 20.5. The van der Waals surface area contributed by atoms with E-state index in [9.17, 15) is 4.79 Å². The van der Waals surface area contributed by atoms with Gasteiger partial charge in [-0.25, -0.2) is 4.99 Å². The second kappa shape index (κ2) is 10.9. The number of rotatable bonds is 8. The number of aromatic nitrogens is 1. The molecule has 2 aromatic carbocycles. The Morgan fingerprint density at radius 1 is 1.00 bits per heavy atom. The molecular formula is C28H31N3O3S. The molecular weight excluding hydrogens is 458 g/mol. The van der Waals surface area contributed by atoms with E-state index in [1.807, 2.05) is 61.5 Å². The number of amides is 1. The van der Waals surface area contributed by atoms with Crippen LogP contribution in [0.5, 0.6) is 11.5 Å². The van der Waals surface area contributed by atoms with E-state index in [-0.39, 0.29) is 5.91 Å². The summed E-state index contributed by atoms with van der Waals surface area (Å²) in [6.07, 6.45) is 2.84. The molecule has 0 bridgehead atoms. The van der Waals surface area contributed by atoms with E-state index >= 15 is 0 Å². The Morgan fingerprint density at radius 2 is 1.69 bits per heavy atom. The molecule has 3 aromatic rings. The minimum atomic E-state index is -0.00390. The summed E-state index contributed by atoms with van der Waals surface area (Å²) in [5, 5.41) is 0.705. The van der Waals surface area contributed by atoms with E-state index in [0.29, 0.717) is 23.2 Å². The number of aliphatic imine (C=N–C) groups is 1. The Labute approximate surface area is 211 Å². The molecule has 0 spiro atoms. The van der Waals surface area contributed by atoms with Crippen LogP contribution in [0.25, 0.3) is 11.8 Å². The summed E-state index contributed by atoms with van der Waals surface area (Å²) >= 11 is 1.43. The molecule has 0 radical (unpaired) electrons. The maximum Gasteiger partial charge on any atom is 0.266 e. The highest BCUT2D eigenvalue weighted by molar-refractivity contribution is 8.18. The van der Waals surface area contributed by atoms with E-state index in [1.54, 1.807) is 12.0 Å². The first-order valence-corrected chi connectivity index (χ1v) is 12.6. The molecule has 4 rings (SSSR count). The van der Waals surface area contributed by atoms with Crippen LogP contribution in [-0.2, 0) is 4.79 Å². The average molecular weight is 490 g/mol. The summed E-state index contributed by atoms with van der Waals surface area (Å²) < 4.78 is 13.0. The molecule has 0 aliphatic carbocycles. The largest absolute Gasteiger partial charge is 0.497 e. The maximum absolute atomic E-state index is 13.3. The zero-order chi connectivity index (χ0) is 24.9. The van der Waals surface area contributed by atoms with Gasteiger partial charge >= 0.3 is 0 Å². The van der Waals surface area contributed by atoms with E-state index < -0.39 is 0 Å². The number of nitrogens with zero attached hydrogens (tertiary/aromatic N) is 3. The third-order valence-corrected chi connectivity index (χ3v) is 6.80. The Hall–Kier alpha value is -3.45. The Bertz CT molecular complexity index is 1260.